The second-order valence-electron chi connectivity index (χ2n) is 6.07. The molecular formula is C20H17F3N2O. The van der Waals surface area contributed by atoms with Gasteiger partial charge < -0.3 is 11.1 Å². The zero-order chi connectivity index (χ0) is 18.8. The summed E-state index contributed by atoms with van der Waals surface area (Å²) in [6.45, 7) is 0. The molecule has 0 saturated heterocycles. The van der Waals surface area contributed by atoms with Gasteiger partial charge in [-0.25, -0.2) is 0 Å². The van der Waals surface area contributed by atoms with Crippen molar-refractivity contribution in [2.45, 2.75) is 18.1 Å². The Kier molecular flexibility index (Phi) is 4.59. The fourth-order valence-electron chi connectivity index (χ4n) is 2.79. The van der Waals surface area contributed by atoms with Crippen molar-refractivity contribution in [2.75, 3.05) is 11.1 Å². The molecule has 1 aliphatic carbocycles. The van der Waals surface area contributed by atoms with E-state index in [0.717, 1.165) is 6.08 Å². The van der Waals surface area contributed by atoms with Gasteiger partial charge in [0.2, 0.25) is 0 Å². The van der Waals surface area contributed by atoms with Crippen molar-refractivity contribution in [1.29, 1.82) is 0 Å². The minimum absolute atomic E-state index is 0.195. The normalized spacial score (nSPS) is 19.7. The van der Waals surface area contributed by atoms with Crippen LogP contribution in [0.4, 0.5) is 24.5 Å². The van der Waals surface area contributed by atoms with Gasteiger partial charge in [-0.2, -0.15) is 13.2 Å². The van der Waals surface area contributed by atoms with Crippen LogP contribution in [0.1, 0.15) is 16.8 Å². The summed E-state index contributed by atoms with van der Waals surface area (Å²) in [4.78, 5) is 12.4. The number of ketones is 1. The summed E-state index contributed by atoms with van der Waals surface area (Å²) in [6.07, 6.45) is -1.44. The predicted molar refractivity (Wildman–Crippen MR) is 95.9 cm³/mol. The number of carbonyl (C=O) groups excluding carboxylic acids is 1. The molecule has 26 heavy (non-hydrogen) atoms. The van der Waals surface area contributed by atoms with Gasteiger partial charge in [0.05, 0.1) is 11.4 Å². The van der Waals surface area contributed by atoms with Gasteiger partial charge in [-0.15, -0.1) is 0 Å². The SMILES string of the molecule is Nc1ccccc1NC1(C(F)(F)F)C=CC(C(=O)c2ccccc2)=CC1. The first kappa shape index (κ1) is 17.8. The molecule has 0 bridgehead atoms. The molecule has 3 rings (SSSR count). The molecule has 0 aromatic heterocycles. The molecule has 3 N–H and O–H groups in total. The first-order valence-electron chi connectivity index (χ1n) is 8.01. The highest BCUT2D eigenvalue weighted by Crippen LogP contribution is 2.41. The molecule has 1 unspecified atom stereocenters. The number of Topliss-reactive ketones (excluding diaryl/α,β-unsaturated/α-hetero) is 1. The monoisotopic (exact) mass is 358 g/mol. The molecule has 2 aromatic rings. The molecule has 134 valence electrons. The van der Waals surface area contributed by atoms with Crippen molar-refractivity contribution >= 4 is 17.2 Å². The number of allylic oxidation sites excluding steroid dienone is 2. The lowest BCUT2D eigenvalue weighted by molar-refractivity contribution is -0.164. The second-order valence-corrected chi connectivity index (χ2v) is 6.07. The third-order valence-electron chi connectivity index (χ3n) is 4.31. The van der Waals surface area contributed by atoms with Gasteiger partial charge >= 0.3 is 6.18 Å². The molecule has 0 amide bonds. The molecular weight excluding hydrogens is 341 g/mol. The Bertz CT molecular complexity index is 872. The van der Waals surface area contributed by atoms with Gasteiger partial charge in [-0.3, -0.25) is 4.79 Å². The number of halogens is 3. The lowest BCUT2D eigenvalue weighted by Gasteiger charge is -2.36. The molecule has 0 saturated carbocycles. The maximum atomic E-state index is 13.8. The zero-order valence-corrected chi connectivity index (χ0v) is 13.8. The Balaban J connectivity index is 1.89. The van der Waals surface area contributed by atoms with Gasteiger partial charge in [-0.05, 0) is 18.2 Å². The number of benzene rings is 2. The summed E-state index contributed by atoms with van der Waals surface area (Å²) in [5.74, 6) is -0.308. The van der Waals surface area contributed by atoms with E-state index in [1.165, 1.54) is 24.3 Å². The van der Waals surface area contributed by atoms with E-state index in [1.54, 1.807) is 42.5 Å². The molecule has 2 aromatic carbocycles. The fraction of sp³-hybridized carbons (Fsp3) is 0.150. The molecule has 6 heteroatoms. The van der Waals surface area contributed by atoms with Gasteiger partial charge in [0, 0.05) is 17.6 Å². The Morgan fingerprint density at radius 3 is 2.27 bits per heavy atom. The quantitative estimate of drug-likeness (QED) is 0.612. The van der Waals surface area contributed by atoms with Gasteiger partial charge in [0.25, 0.3) is 0 Å². The smallest absolute Gasteiger partial charge is 0.397 e. The summed E-state index contributed by atoms with van der Waals surface area (Å²) in [5.41, 5.74) is 4.54. The van der Waals surface area contributed by atoms with Crippen LogP contribution in [0, 0.1) is 0 Å². The van der Waals surface area contributed by atoms with Crippen molar-refractivity contribution < 1.29 is 18.0 Å². The number of carbonyl (C=O) groups is 1. The van der Waals surface area contributed by atoms with Crippen LogP contribution in [-0.4, -0.2) is 17.5 Å². The number of hydrogen-bond donors (Lipinski definition) is 2. The number of nitrogens with two attached hydrogens (primary N) is 1. The predicted octanol–water partition coefficient (Wildman–Crippen LogP) is 4.75. The van der Waals surface area contributed by atoms with Crippen LogP contribution < -0.4 is 11.1 Å². The Hall–Kier alpha value is -3.02. The molecule has 0 heterocycles. The molecule has 0 fully saturated rings. The highest BCUT2D eigenvalue weighted by molar-refractivity contribution is 6.10. The maximum Gasteiger partial charge on any atom is 0.415 e. The van der Waals surface area contributed by atoms with Crippen molar-refractivity contribution in [1.82, 2.24) is 0 Å². The van der Waals surface area contributed by atoms with Crippen LogP contribution in [-0.2, 0) is 0 Å². The van der Waals surface area contributed by atoms with Crippen LogP contribution in [0.25, 0.3) is 0 Å². The highest BCUT2D eigenvalue weighted by Gasteiger charge is 2.53. The highest BCUT2D eigenvalue weighted by atomic mass is 19.4. The Morgan fingerprint density at radius 2 is 1.69 bits per heavy atom. The molecule has 0 radical (unpaired) electrons. The molecule has 3 nitrogen and oxygen atoms in total. The van der Waals surface area contributed by atoms with Crippen LogP contribution in [0.2, 0.25) is 0 Å². The number of hydrogen-bond acceptors (Lipinski definition) is 3. The van der Waals surface area contributed by atoms with E-state index < -0.39 is 18.1 Å². The molecule has 1 atom stereocenters. The molecule has 1 aliphatic rings. The number of para-hydroxylation sites is 2. The molecule has 0 spiro atoms. The fourth-order valence-corrected chi connectivity index (χ4v) is 2.79. The van der Waals surface area contributed by atoms with Gasteiger partial charge in [0.15, 0.2) is 11.3 Å². The van der Waals surface area contributed by atoms with Crippen LogP contribution in [0.15, 0.2) is 78.4 Å². The first-order chi connectivity index (χ1) is 12.3. The van der Waals surface area contributed by atoms with Gasteiger partial charge in [-0.1, -0.05) is 54.6 Å². The summed E-state index contributed by atoms with van der Waals surface area (Å²) in [7, 11) is 0. The minimum Gasteiger partial charge on any atom is -0.397 e. The van der Waals surface area contributed by atoms with Gasteiger partial charge in [0.1, 0.15) is 0 Å². The van der Waals surface area contributed by atoms with Crippen molar-refractivity contribution in [2.24, 2.45) is 0 Å². The Morgan fingerprint density at radius 1 is 1.04 bits per heavy atom. The van der Waals surface area contributed by atoms with E-state index in [-0.39, 0.29) is 22.7 Å². The van der Waals surface area contributed by atoms with E-state index in [1.807, 2.05) is 0 Å². The van der Waals surface area contributed by atoms with Crippen molar-refractivity contribution in [3.63, 3.8) is 0 Å². The third kappa shape index (κ3) is 3.35. The number of alkyl halides is 3. The van der Waals surface area contributed by atoms with E-state index in [4.69, 9.17) is 5.73 Å². The topological polar surface area (TPSA) is 55.1 Å². The molecule has 0 aliphatic heterocycles. The van der Waals surface area contributed by atoms with Crippen molar-refractivity contribution in [3.8, 4) is 0 Å². The van der Waals surface area contributed by atoms with Crippen LogP contribution in [0.5, 0.6) is 0 Å². The lowest BCUT2D eigenvalue weighted by atomic mass is 9.85. The summed E-state index contributed by atoms with van der Waals surface area (Å²) >= 11 is 0. The van der Waals surface area contributed by atoms with E-state index in [9.17, 15) is 18.0 Å². The van der Waals surface area contributed by atoms with E-state index in [0.29, 0.717) is 5.56 Å². The second kappa shape index (κ2) is 6.71. The van der Waals surface area contributed by atoms with Crippen LogP contribution >= 0.6 is 0 Å². The largest absolute Gasteiger partial charge is 0.415 e. The summed E-state index contributed by atoms with van der Waals surface area (Å²) in [6, 6.07) is 14.7. The average Bonchev–Trinajstić information content (AvgIpc) is 2.63. The third-order valence-corrected chi connectivity index (χ3v) is 4.31. The maximum absolute atomic E-state index is 13.8. The standard InChI is InChI=1S/C20H17F3N2O/c21-20(22,23)19(25-17-9-5-4-8-16(17)24)12-10-15(11-13-19)18(26)14-6-2-1-3-7-14/h1-12,25H,13,24H2. The van der Waals surface area contributed by atoms with E-state index >= 15 is 0 Å². The number of nitrogen functional groups attached to an aromatic ring is 1. The van der Waals surface area contributed by atoms with E-state index in [2.05, 4.69) is 5.32 Å². The Labute approximate surface area is 149 Å². The van der Waals surface area contributed by atoms with Crippen LogP contribution in [0.3, 0.4) is 0 Å². The number of anilines is 2. The minimum atomic E-state index is -4.57. The first-order valence-corrected chi connectivity index (χ1v) is 8.01. The average molecular weight is 358 g/mol. The lowest BCUT2D eigenvalue weighted by Crippen LogP contribution is -2.51. The summed E-state index contributed by atoms with van der Waals surface area (Å²) in [5, 5.41) is 2.51. The zero-order valence-electron chi connectivity index (χ0n) is 13.8. The van der Waals surface area contributed by atoms with Crippen molar-refractivity contribution in [3.05, 3.63) is 84.0 Å². The number of rotatable bonds is 4. The summed E-state index contributed by atoms with van der Waals surface area (Å²) < 4.78 is 41.4. The number of nitrogens with one attached hydrogen (secondary N) is 1.